The summed E-state index contributed by atoms with van der Waals surface area (Å²) in [7, 11) is 0. The molecule has 3 aromatic heterocycles. The maximum absolute atomic E-state index is 12.2. The fourth-order valence-electron chi connectivity index (χ4n) is 6.29. The maximum Gasteiger partial charge on any atom is 0.164 e. The van der Waals surface area contributed by atoms with Gasteiger partial charge in [-0.2, -0.15) is 0 Å². The number of allylic oxidation sites excluding steroid dienone is 2. The van der Waals surface area contributed by atoms with Gasteiger partial charge < -0.3 is 9.52 Å². The Hall–Kier alpha value is -3.31. The second-order valence-electron chi connectivity index (χ2n) is 14.7. The number of aromatic nitrogens is 1. The van der Waals surface area contributed by atoms with Crippen LogP contribution in [0.1, 0.15) is 99.3 Å². The number of benzene rings is 3. The van der Waals surface area contributed by atoms with Gasteiger partial charge in [0.2, 0.25) is 0 Å². The van der Waals surface area contributed by atoms with E-state index in [0.717, 1.165) is 53.7 Å². The van der Waals surface area contributed by atoms with Crippen LogP contribution in [0, 0.1) is 23.8 Å². The van der Waals surface area contributed by atoms with Crippen LogP contribution >= 0.6 is 11.3 Å². The molecule has 0 atom stereocenters. The Morgan fingerprint density at radius 1 is 0.878 bits per heavy atom. The zero-order valence-electron chi connectivity index (χ0n) is 30.6. The molecule has 49 heavy (non-hydrogen) atoms. The third-order valence-corrected chi connectivity index (χ3v) is 11.8. The number of carbonyl (C=O) groups is 1. The summed E-state index contributed by atoms with van der Waals surface area (Å²) in [5.74, 6) is 1.23. The van der Waals surface area contributed by atoms with E-state index >= 15 is 0 Å². The smallest absolute Gasteiger partial charge is 0.164 e. The molecule has 4 nitrogen and oxygen atoms in total. The number of hydrogen-bond acceptors (Lipinski definition) is 5. The van der Waals surface area contributed by atoms with E-state index in [9.17, 15) is 9.90 Å². The average Bonchev–Trinajstić information content (AvgIpc) is 3.66. The Labute approximate surface area is 309 Å². The minimum absolute atomic E-state index is 0. The number of hydrogen-bond donors (Lipinski definition) is 1. The number of aliphatic hydroxyl groups excluding tert-OH is 1. The van der Waals surface area contributed by atoms with Crippen LogP contribution in [0.25, 0.3) is 53.2 Å². The van der Waals surface area contributed by atoms with Crippen LogP contribution in [0.3, 0.4) is 0 Å². The summed E-state index contributed by atoms with van der Waals surface area (Å²) in [4.78, 5) is 17.0. The molecule has 1 radical (unpaired) electrons. The van der Waals surface area contributed by atoms with Crippen LogP contribution in [-0.4, -0.2) is 15.9 Å². The van der Waals surface area contributed by atoms with Gasteiger partial charge in [-0.3, -0.25) is 9.78 Å². The zero-order chi connectivity index (χ0) is 35.0. The van der Waals surface area contributed by atoms with Gasteiger partial charge in [-0.1, -0.05) is 91.5 Å². The number of nitrogens with zero attached hydrogens (tertiary/aromatic N) is 1. The van der Waals surface area contributed by atoms with E-state index in [1.165, 1.54) is 42.6 Å². The van der Waals surface area contributed by atoms with Crippen molar-refractivity contribution in [3.63, 3.8) is 0 Å². The number of aliphatic hydroxyl groups is 1. The molecule has 6 heteroatoms. The molecule has 261 valence electrons. The zero-order valence-corrected chi connectivity index (χ0v) is 33.8. The molecule has 0 aliphatic heterocycles. The van der Waals surface area contributed by atoms with Crippen LogP contribution in [0.15, 0.2) is 77.0 Å². The minimum Gasteiger partial charge on any atom is -0.512 e. The third kappa shape index (κ3) is 7.43. The molecule has 0 aliphatic carbocycles. The number of carbonyl (C=O) groups excluding carboxylic acids is 1. The van der Waals surface area contributed by atoms with E-state index in [2.05, 4.69) is 81.4 Å². The van der Waals surface area contributed by atoms with Gasteiger partial charge in [0.25, 0.3) is 0 Å². The predicted molar refractivity (Wildman–Crippen MR) is 205 cm³/mol. The van der Waals surface area contributed by atoms with Crippen molar-refractivity contribution in [2.24, 2.45) is 10.8 Å². The molecule has 0 fully saturated rings. The number of pyridine rings is 1. The molecule has 0 unspecified atom stereocenters. The van der Waals surface area contributed by atoms with Gasteiger partial charge >= 0.3 is 0 Å². The first-order valence-electron chi connectivity index (χ1n) is 17.3. The van der Waals surface area contributed by atoms with Gasteiger partial charge in [-0.25, -0.2) is 0 Å². The first-order chi connectivity index (χ1) is 22.7. The Morgan fingerprint density at radius 2 is 1.53 bits per heavy atom. The number of thiophene rings is 1. The van der Waals surface area contributed by atoms with Crippen molar-refractivity contribution in [2.45, 2.75) is 100 Å². The summed E-state index contributed by atoms with van der Waals surface area (Å²) in [5.41, 5.74) is 3.74. The average molecular weight is 853 g/mol. The maximum atomic E-state index is 12.2. The normalized spacial score (nSPS) is 12.7. The Morgan fingerprint density at radius 3 is 2.16 bits per heavy atom. The van der Waals surface area contributed by atoms with E-state index in [-0.39, 0.29) is 47.9 Å². The van der Waals surface area contributed by atoms with Crippen LogP contribution in [0.5, 0.6) is 0 Å². The molecule has 1 N–H and O–H groups in total. The summed E-state index contributed by atoms with van der Waals surface area (Å²) in [6.07, 6.45) is 6.68. The van der Waals surface area contributed by atoms with E-state index in [0.29, 0.717) is 0 Å². The second-order valence-corrected chi connectivity index (χ2v) is 15.7. The largest absolute Gasteiger partial charge is 0.512 e. The Kier molecular flexibility index (Phi) is 11.7. The SMILES string of the molecule is CCC(C)(CC)C(=O)/C=C(\O)C(C)(CC)CC.Cc1cc2c(ccc3c2sc2ccnc(-c4[c-]c5ccccc5c(C(C)(C)C)c4)c23)o1.[Ir]. The molecular weight excluding hydrogens is 803 g/mol. The molecular formula is C43H50IrNO3S-. The van der Waals surface area contributed by atoms with Gasteiger partial charge in [-0.05, 0) is 73.1 Å². The summed E-state index contributed by atoms with van der Waals surface area (Å²) >= 11 is 1.81. The first kappa shape index (κ1) is 38.5. The van der Waals surface area contributed by atoms with Crippen LogP contribution in [0.2, 0.25) is 0 Å². The van der Waals surface area contributed by atoms with Crippen LogP contribution in [-0.2, 0) is 30.3 Å². The molecule has 0 saturated heterocycles. The standard InChI is InChI=1S/C28H22NOS.C15H28O2.Ir/c1-16-13-21-23(30-16)10-9-20-25-24(31-27(20)21)11-12-29-26(25)18-14-17-7-5-6-8-19(17)22(15-18)28(2,3)4;1-7-14(5,8-2)12(16)11-13(17)15(6,9-3)10-4;/h5-13,15H,1-4H3;11,16H,7-10H2,1-6H3;/q-1;;/b;12-11-;. The van der Waals surface area contributed by atoms with Crippen molar-refractivity contribution in [3.8, 4) is 11.3 Å². The summed E-state index contributed by atoms with van der Waals surface area (Å²) in [6, 6.07) is 23.0. The van der Waals surface area contributed by atoms with Crippen LogP contribution < -0.4 is 0 Å². The van der Waals surface area contributed by atoms with Crippen molar-refractivity contribution in [2.75, 3.05) is 0 Å². The van der Waals surface area contributed by atoms with E-state index < -0.39 is 0 Å². The number of aryl methyl sites for hydroxylation is 1. The molecule has 0 bridgehead atoms. The minimum atomic E-state index is -0.337. The van der Waals surface area contributed by atoms with Crippen molar-refractivity contribution < 1.29 is 34.4 Å². The van der Waals surface area contributed by atoms with Gasteiger partial charge in [0, 0.05) is 63.7 Å². The van der Waals surface area contributed by atoms with E-state index in [1.54, 1.807) is 0 Å². The van der Waals surface area contributed by atoms with E-state index in [4.69, 9.17) is 9.40 Å². The molecule has 0 saturated carbocycles. The van der Waals surface area contributed by atoms with Gasteiger partial charge in [-0.15, -0.1) is 40.5 Å². The Balaban J connectivity index is 0.000000260. The number of ketones is 1. The predicted octanol–water partition coefficient (Wildman–Crippen LogP) is 13.1. The molecule has 6 aromatic rings. The molecule has 3 heterocycles. The fraction of sp³-hybridized carbons (Fsp3) is 0.395. The Bertz CT molecular complexity index is 2140. The van der Waals surface area contributed by atoms with Crippen molar-refractivity contribution in [3.05, 3.63) is 90.0 Å². The van der Waals surface area contributed by atoms with Gasteiger partial charge in [0.15, 0.2) is 5.78 Å². The summed E-state index contributed by atoms with van der Waals surface area (Å²) in [5, 5.41) is 16.1. The third-order valence-electron chi connectivity index (χ3n) is 10.6. The van der Waals surface area contributed by atoms with Crippen molar-refractivity contribution in [1.82, 2.24) is 4.98 Å². The van der Waals surface area contributed by atoms with E-state index in [1.807, 2.05) is 66.0 Å². The quantitative estimate of drug-likeness (QED) is 0.0941. The molecule has 0 aliphatic rings. The number of furan rings is 1. The van der Waals surface area contributed by atoms with Gasteiger partial charge in [0.1, 0.15) is 17.1 Å². The van der Waals surface area contributed by atoms with Crippen molar-refractivity contribution >= 4 is 59.0 Å². The molecule has 6 rings (SSSR count). The number of rotatable bonds is 8. The summed E-state index contributed by atoms with van der Waals surface area (Å²) in [6.45, 7) is 20.9. The molecule has 0 amide bonds. The number of fused-ring (bicyclic) bond motifs is 6. The topological polar surface area (TPSA) is 63.3 Å². The van der Waals surface area contributed by atoms with Crippen molar-refractivity contribution in [1.29, 1.82) is 0 Å². The van der Waals surface area contributed by atoms with Gasteiger partial charge in [0.05, 0.1) is 0 Å². The molecule has 3 aromatic carbocycles. The fourth-order valence-corrected chi connectivity index (χ4v) is 7.49. The first-order valence-corrected chi connectivity index (χ1v) is 18.1. The summed E-state index contributed by atoms with van der Waals surface area (Å²) < 4.78 is 8.37. The monoisotopic (exact) mass is 853 g/mol. The molecule has 0 spiro atoms. The van der Waals surface area contributed by atoms with Crippen LogP contribution in [0.4, 0.5) is 0 Å². The second kappa shape index (κ2) is 14.9.